The van der Waals surface area contributed by atoms with Crippen molar-refractivity contribution in [3.05, 3.63) is 187 Å². The van der Waals surface area contributed by atoms with Crippen LogP contribution in [0.4, 0.5) is 21.5 Å². The van der Waals surface area contributed by atoms with Crippen molar-refractivity contribution in [2.45, 2.75) is 37.5 Å². The van der Waals surface area contributed by atoms with Crippen molar-refractivity contribution in [3.63, 3.8) is 0 Å². The number of benzene rings is 8. The first-order valence-electron chi connectivity index (χ1n) is 22.4. The molecule has 1 spiro atoms. The Morgan fingerprint density at radius 2 is 0.952 bits per heavy atom. The second kappa shape index (κ2) is 12.8. The van der Waals surface area contributed by atoms with Gasteiger partial charge in [0.1, 0.15) is 28.1 Å². The molecule has 2 aromatic heterocycles. The summed E-state index contributed by atoms with van der Waals surface area (Å²) in [6, 6.07) is 59.2. The fourth-order valence-electron chi connectivity index (χ4n) is 13.3. The maximum absolute atomic E-state index is 16.6. The van der Waals surface area contributed by atoms with Gasteiger partial charge in [-0.15, -0.1) is 0 Å². The molecule has 0 unspecified atom stereocenters. The predicted octanol–water partition coefficient (Wildman–Crippen LogP) is 16.2. The summed E-state index contributed by atoms with van der Waals surface area (Å²) in [5, 5.41) is 4.16. The molecule has 62 heavy (non-hydrogen) atoms. The van der Waals surface area contributed by atoms with Gasteiger partial charge in [0.05, 0.1) is 22.1 Å². The molecule has 10 aromatic rings. The van der Waals surface area contributed by atoms with Gasteiger partial charge in [-0.1, -0.05) is 109 Å². The fraction of sp³-hybridized carbons (Fsp3) is 0.172. The highest BCUT2D eigenvalue weighted by Crippen LogP contribution is 2.69. The second-order valence-corrected chi connectivity index (χ2v) is 18.6. The molecule has 8 aromatic carbocycles. The van der Waals surface area contributed by atoms with Crippen LogP contribution in [0.15, 0.2) is 179 Å². The predicted molar refractivity (Wildman–Crippen MR) is 250 cm³/mol. The number of nitrogens with zero attached hydrogens (tertiary/aromatic N) is 1. The van der Waals surface area contributed by atoms with Gasteiger partial charge in [-0.2, -0.15) is 0 Å². The summed E-state index contributed by atoms with van der Waals surface area (Å²) in [4.78, 5) is 2.29. The highest BCUT2D eigenvalue weighted by molar-refractivity contribution is 6.17. The summed E-state index contributed by atoms with van der Waals surface area (Å²) in [5.41, 5.74) is 15.6. The van der Waals surface area contributed by atoms with E-state index in [2.05, 4.69) is 114 Å². The lowest BCUT2D eigenvalue weighted by Gasteiger charge is -2.61. The summed E-state index contributed by atoms with van der Waals surface area (Å²) in [7, 11) is 0. The standard InChI is InChI=1S/C58H42FNO2/c59-49-33-38(37-22-26-44-43-9-1-4-12-47(43)58(48(44)32-37)39-28-34-27-35(30-39)31-40(58)29-34)21-25-42(49)36-19-23-41(24-20-36)60(50-13-7-17-54-56(50)45-10-2-5-15-52(45)61-54)51-14-8-18-55-57(51)46-11-3-6-16-53(46)62-55/h1-26,32-35,39-40H,27-31H2. The largest absolute Gasteiger partial charge is 0.456 e. The number of fused-ring (bicyclic) bond motifs is 9. The molecule has 0 saturated heterocycles. The van der Waals surface area contributed by atoms with Gasteiger partial charge in [0, 0.05) is 27.4 Å². The van der Waals surface area contributed by atoms with Gasteiger partial charge in [0.25, 0.3) is 0 Å². The van der Waals surface area contributed by atoms with E-state index in [0.717, 1.165) is 89.5 Å². The molecule has 15 rings (SSSR count). The maximum atomic E-state index is 16.6. The first kappa shape index (κ1) is 34.8. The Balaban J connectivity index is 0.865. The van der Waals surface area contributed by atoms with Crippen molar-refractivity contribution in [1.82, 2.24) is 0 Å². The summed E-state index contributed by atoms with van der Waals surface area (Å²) in [6.45, 7) is 0. The van der Waals surface area contributed by atoms with E-state index >= 15 is 4.39 Å². The van der Waals surface area contributed by atoms with Crippen LogP contribution in [-0.4, -0.2) is 0 Å². The molecule has 5 aliphatic carbocycles. The first-order valence-corrected chi connectivity index (χ1v) is 22.4. The van der Waals surface area contributed by atoms with Gasteiger partial charge in [0.15, 0.2) is 0 Å². The molecule has 4 bridgehead atoms. The number of anilines is 3. The van der Waals surface area contributed by atoms with Gasteiger partial charge in [-0.3, -0.25) is 0 Å². The Morgan fingerprint density at radius 3 is 1.58 bits per heavy atom. The molecule has 2 heterocycles. The normalized spacial score (nSPS) is 22.0. The van der Waals surface area contributed by atoms with Crippen LogP contribution in [0, 0.1) is 29.5 Å². The second-order valence-electron chi connectivity index (χ2n) is 18.6. The van der Waals surface area contributed by atoms with Crippen LogP contribution in [0.5, 0.6) is 0 Å². The van der Waals surface area contributed by atoms with Crippen LogP contribution in [-0.2, 0) is 5.41 Å². The van der Waals surface area contributed by atoms with E-state index in [-0.39, 0.29) is 11.2 Å². The molecule has 0 aliphatic heterocycles. The third-order valence-electron chi connectivity index (χ3n) is 15.5. The quantitative estimate of drug-likeness (QED) is 0.174. The third-order valence-corrected chi connectivity index (χ3v) is 15.5. The van der Waals surface area contributed by atoms with Crippen LogP contribution in [0.2, 0.25) is 0 Å². The molecular formula is C58H42FNO2. The Hall–Kier alpha value is -6.91. The van der Waals surface area contributed by atoms with Crippen LogP contribution < -0.4 is 4.90 Å². The van der Waals surface area contributed by atoms with Gasteiger partial charge in [-0.25, -0.2) is 4.39 Å². The molecule has 4 fully saturated rings. The summed E-state index contributed by atoms with van der Waals surface area (Å²) < 4.78 is 29.4. The average molecular weight is 804 g/mol. The molecule has 0 radical (unpaired) electrons. The van der Waals surface area contributed by atoms with Crippen LogP contribution in [0.25, 0.3) is 77.3 Å². The van der Waals surface area contributed by atoms with Gasteiger partial charge in [-0.05, 0) is 155 Å². The van der Waals surface area contributed by atoms with E-state index in [1.165, 1.54) is 48.8 Å². The summed E-state index contributed by atoms with van der Waals surface area (Å²) >= 11 is 0. The van der Waals surface area contributed by atoms with Crippen molar-refractivity contribution < 1.29 is 13.2 Å². The van der Waals surface area contributed by atoms with E-state index in [1.807, 2.05) is 54.6 Å². The van der Waals surface area contributed by atoms with Gasteiger partial charge < -0.3 is 13.7 Å². The fourth-order valence-corrected chi connectivity index (χ4v) is 13.3. The average Bonchev–Trinajstić information content (AvgIpc) is 3.97. The molecule has 0 atom stereocenters. The molecule has 0 N–H and O–H groups in total. The molecule has 4 saturated carbocycles. The number of para-hydroxylation sites is 2. The highest BCUT2D eigenvalue weighted by atomic mass is 19.1. The van der Waals surface area contributed by atoms with E-state index in [9.17, 15) is 0 Å². The van der Waals surface area contributed by atoms with Gasteiger partial charge in [0.2, 0.25) is 0 Å². The number of furan rings is 2. The smallest absolute Gasteiger partial charge is 0.137 e. The zero-order valence-electron chi connectivity index (χ0n) is 34.2. The SMILES string of the molecule is Fc1cc(-c2ccc3c(c2)C2(c4ccccc4-3)C3CC4CC(C3)CC2C4)ccc1-c1ccc(N(c2cccc3oc4ccccc4c23)c2cccc3oc4ccccc4c23)cc1. The van der Waals surface area contributed by atoms with E-state index in [0.29, 0.717) is 17.4 Å². The van der Waals surface area contributed by atoms with Crippen LogP contribution >= 0.6 is 0 Å². The van der Waals surface area contributed by atoms with Crippen LogP contribution in [0.3, 0.4) is 0 Å². The van der Waals surface area contributed by atoms with Crippen LogP contribution in [0.1, 0.15) is 43.2 Å². The Bertz CT molecular complexity index is 3320. The molecule has 4 heteroatoms. The topological polar surface area (TPSA) is 29.5 Å². The molecule has 3 nitrogen and oxygen atoms in total. The van der Waals surface area contributed by atoms with E-state index < -0.39 is 0 Å². The monoisotopic (exact) mass is 803 g/mol. The minimum Gasteiger partial charge on any atom is -0.456 e. The summed E-state index contributed by atoms with van der Waals surface area (Å²) in [5.74, 6) is 2.93. The Kier molecular flexibility index (Phi) is 7.18. The zero-order chi connectivity index (χ0) is 40.7. The molecule has 5 aliphatic rings. The van der Waals surface area contributed by atoms with Crippen molar-refractivity contribution in [1.29, 1.82) is 0 Å². The zero-order valence-corrected chi connectivity index (χ0v) is 34.2. The lowest BCUT2D eigenvalue weighted by atomic mass is 9.43. The third kappa shape index (κ3) is 4.75. The molecule has 298 valence electrons. The summed E-state index contributed by atoms with van der Waals surface area (Å²) in [6.07, 6.45) is 6.81. The Labute approximate surface area is 359 Å². The van der Waals surface area contributed by atoms with E-state index in [1.54, 1.807) is 11.6 Å². The lowest BCUT2D eigenvalue weighted by molar-refractivity contribution is -0.0399. The minimum absolute atomic E-state index is 0.0793. The number of rotatable bonds is 5. The van der Waals surface area contributed by atoms with Crippen molar-refractivity contribution in [3.8, 4) is 33.4 Å². The molecule has 0 amide bonds. The van der Waals surface area contributed by atoms with Crippen molar-refractivity contribution >= 4 is 60.9 Å². The van der Waals surface area contributed by atoms with Crippen molar-refractivity contribution in [2.24, 2.45) is 23.7 Å². The van der Waals surface area contributed by atoms with Crippen molar-refractivity contribution in [2.75, 3.05) is 4.90 Å². The van der Waals surface area contributed by atoms with E-state index in [4.69, 9.17) is 8.83 Å². The number of halogens is 1. The number of hydrogen-bond acceptors (Lipinski definition) is 3. The lowest BCUT2D eigenvalue weighted by Crippen LogP contribution is -2.55. The first-order chi connectivity index (χ1) is 30.6. The number of hydrogen-bond donors (Lipinski definition) is 0. The molecular weight excluding hydrogens is 762 g/mol. The minimum atomic E-state index is -0.218. The maximum Gasteiger partial charge on any atom is 0.137 e. The highest BCUT2D eigenvalue weighted by Gasteiger charge is 2.61. The van der Waals surface area contributed by atoms with Gasteiger partial charge >= 0.3 is 0 Å². The Morgan fingerprint density at radius 1 is 0.435 bits per heavy atom.